The highest BCUT2D eigenvalue weighted by molar-refractivity contribution is 7.80. The van der Waals surface area contributed by atoms with Crippen molar-refractivity contribution in [2.24, 2.45) is 68.1 Å². The number of aliphatic hydroxyl groups is 1. The van der Waals surface area contributed by atoms with Crippen molar-refractivity contribution in [3.63, 3.8) is 0 Å². The van der Waals surface area contributed by atoms with Crippen molar-refractivity contribution < 1.29 is 97.1 Å². The number of guanidine groups is 2. The Bertz CT molecular complexity index is 3960. The molecular weight excluding hydrogens is 1670 g/mol. The molecule has 17 atom stereocenters. The largest absolute Gasteiger partial charge is 0.508 e. The predicted octanol–water partition coefficient (Wildman–Crippen LogP) is -4.35. The van der Waals surface area contributed by atoms with Crippen molar-refractivity contribution in [1.82, 2.24) is 74.0 Å². The van der Waals surface area contributed by atoms with E-state index in [0.29, 0.717) is 36.8 Å². The SMILES string of the molecule is CC[C@H](C)[C@H](N)C(=O)N[C@@H](CS)C(=O)N[C@@H](CCCCN)C(=O)N[C@@H](CCC(=O)O)C(=O)N[C@@H](CS)C(=O)N1CCC[C@H]1C(=O)N[C@H](C(=O)N[C@H](C(=O)NCC(=O)N[C@@H](Cc1ccccc1)C(=O)N[C@@H](CCCN=C(N)N)C(=O)N[C@@H](Cc1ccc(O)cc1)C(=O)N[C@@H](CCCN=C(N)N)C(=O)N[C@@H](CO)C(=O)N[C@@H](CC(C)C)C(=O)O)[C@@H](C)CC)[C@@H](C)CC. The number of carboxylic acid groups (broad SMARTS) is 2. The van der Waals surface area contributed by atoms with Crippen LogP contribution in [0.15, 0.2) is 64.6 Å². The summed E-state index contributed by atoms with van der Waals surface area (Å²) in [6.45, 7) is 12.1. The van der Waals surface area contributed by atoms with Gasteiger partial charge in [-0.3, -0.25) is 81.9 Å². The smallest absolute Gasteiger partial charge is 0.326 e. The molecule has 1 aliphatic heterocycles. The van der Waals surface area contributed by atoms with Gasteiger partial charge in [-0.15, -0.1) is 0 Å². The maximum Gasteiger partial charge on any atom is 0.326 e. The van der Waals surface area contributed by atoms with E-state index in [9.17, 15) is 97.1 Å². The summed E-state index contributed by atoms with van der Waals surface area (Å²) in [6.07, 6.45) is 0.175. The van der Waals surface area contributed by atoms with Gasteiger partial charge in [0.05, 0.1) is 19.2 Å². The first-order valence-electron chi connectivity index (χ1n) is 42.0. The van der Waals surface area contributed by atoms with E-state index in [1.165, 1.54) is 29.2 Å². The Balaban J connectivity index is 1.94. The third-order valence-corrected chi connectivity index (χ3v) is 21.8. The summed E-state index contributed by atoms with van der Waals surface area (Å²) in [5.74, 6) is -18.3. The highest BCUT2D eigenvalue weighted by Gasteiger charge is 2.43. The summed E-state index contributed by atoms with van der Waals surface area (Å²) in [4.78, 5) is 232. The van der Waals surface area contributed by atoms with E-state index < -0.39 is 217 Å². The maximum atomic E-state index is 14.9. The number of unbranched alkanes of at least 4 members (excludes halogenated alkanes) is 1. The molecule has 698 valence electrons. The maximum absolute atomic E-state index is 14.9. The van der Waals surface area contributed by atoms with Crippen molar-refractivity contribution in [1.29, 1.82) is 0 Å². The number of phenolic OH excluding ortho intramolecular Hbond substituents is 1. The lowest BCUT2D eigenvalue weighted by Gasteiger charge is -2.32. The van der Waals surface area contributed by atoms with E-state index in [4.69, 9.17) is 34.4 Å². The van der Waals surface area contributed by atoms with Crippen LogP contribution < -0.4 is 104 Å². The predicted molar refractivity (Wildman–Crippen MR) is 471 cm³/mol. The molecule has 3 rings (SSSR count). The van der Waals surface area contributed by atoms with Crippen LogP contribution in [-0.4, -0.2) is 267 Å². The number of aromatic hydroxyl groups is 1. The molecular formula is C81H132N22O20S2. The zero-order valence-electron chi connectivity index (χ0n) is 72.3. The van der Waals surface area contributed by atoms with Crippen LogP contribution in [0.3, 0.4) is 0 Å². The quantitative estimate of drug-likeness (QED) is 0.0129. The third kappa shape index (κ3) is 38.5. The van der Waals surface area contributed by atoms with Gasteiger partial charge in [-0.2, -0.15) is 25.3 Å². The molecule has 1 heterocycles. The fourth-order valence-electron chi connectivity index (χ4n) is 13.1. The summed E-state index contributed by atoms with van der Waals surface area (Å²) >= 11 is 8.58. The Kier molecular flexibility index (Phi) is 49.0. The topological polar surface area (TPSA) is 695 Å². The molecule has 0 saturated carbocycles. The lowest BCUT2D eigenvalue weighted by atomic mass is 9.94. The summed E-state index contributed by atoms with van der Waals surface area (Å²) in [7, 11) is 0. The van der Waals surface area contributed by atoms with Gasteiger partial charge < -0.3 is 129 Å². The number of carbonyl (C=O) groups is 16. The molecule has 1 aliphatic rings. The Morgan fingerprint density at radius 2 is 0.904 bits per heavy atom. The number of amides is 14. The summed E-state index contributed by atoms with van der Waals surface area (Å²) < 4.78 is 0. The van der Waals surface area contributed by atoms with Crippen LogP contribution in [0.1, 0.15) is 163 Å². The summed E-state index contributed by atoms with van der Waals surface area (Å²) in [5.41, 5.74) is 35.0. The number of nitrogens with two attached hydrogens (primary N) is 6. The van der Waals surface area contributed by atoms with Crippen LogP contribution in [0, 0.1) is 23.7 Å². The lowest BCUT2D eigenvalue weighted by Crippen LogP contribution is -2.61. The minimum Gasteiger partial charge on any atom is -0.508 e. The van der Waals surface area contributed by atoms with Gasteiger partial charge in [-0.25, -0.2) is 4.79 Å². The zero-order valence-corrected chi connectivity index (χ0v) is 74.1. The number of carboxylic acids is 2. The fourth-order valence-corrected chi connectivity index (χ4v) is 13.6. The number of carbonyl (C=O) groups excluding carboxylic acids is 14. The standard InChI is InChI=1S/C81H132N22O20S2/c1-9-44(6)63(83)75(118)99-58(41-124)73(116)94-50(22-15-16-32-82)66(109)95-53(30-31-62(107)108)69(112)100-59(42-125)78(121)103-35-19-25-60(103)74(117)101-65(46(8)11-3)77(120)102-64(45(7)10-2)76(119)90-39-61(106)91-54(37-47-20-13-12-14-21-47)70(113)92-51(23-17-33-88-80(84)85)67(110)96-55(38-48-26-28-49(105)29-27-48)71(114)93-52(24-18-34-89-81(86)87)68(111)98-57(40-104)72(115)97-56(79(122)123)36-43(4)5/h12-14,20-21,26-29,43-46,50-60,63-65,104-105,124-125H,9-11,15-19,22-25,30-42,82-83H2,1-8H3,(H,90,119)(H,91,106)(H,92,113)(H,93,114)(H,94,116)(H,95,109)(H,96,110)(H,97,115)(H,98,111)(H,99,118)(H,100,112)(H,101,117)(H,102,120)(H,107,108)(H,122,123)(H4,84,85,88)(H4,86,87,89)/t44-,45-,46-,50-,51-,52-,53-,54-,55-,56-,57-,58-,59-,60-,63-,64-,65-/m0/s1. The minimum atomic E-state index is -1.73. The molecule has 0 radical (unpaired) electrons. The molecule has 29 N–H and O–H groups in total. The molecule has 2 aromatic rings. The number of hydrogen-bond acceptors (Lipinski definition) is 24. The first kappa shape index (κ1) is 108. The second-order valence-corrected chi connectivity index (χ2v) is 32.2. The van der Waals surface area contributed by atoms with Crippen LogP contribution in [0.2, 0.25) is 0 Å². The van der Waals surface area contributed by atoms with Crippen molar-refractivity contribution >= 4 is 132 Å². The monoisotopic (exact) mass is 1800 g/mol. The Labute approximate surface area is 738 Å². The Morgan fingerprint density at radius 1 is 0.480 bits per heavy atom. The Hall–Kier alpha value is -11.1. The van der Waals surface area contributed by atoms with Gasteiger partial charge in [0.1, 0.15) is 84.3 Å². The van der Waals surface area contributed by atoms with E-state index in [1.807, 2.05) is 6.92 Å². The van der Waals surface area contributed by atoms with Gasteiger partial charge >= 0.3 is 11.9 Å². The molecule has 0 aromatic heterocycles. The van der Waals surface area contributed by atoms with Crippen molar-refractivity contribution in [3.05, 3.63) is 65.7 Å². The van der Waals surface area contributed by atoms with E-state index in [1.54, 1.807) is 78.8 Å². The molecule has 1 saturated heterocycles. The van der Waals surface area contributed by atoms with Crippen molar-refractivity contribution in [2.45, 2.75) is 249 Å². The van der Waals surface area contributed by atoms with Gasteiger partial charge in [0, 0.05) is 50.4 Å². The third-order valence-electron chi connectivity index (χ3n) is 21.1. The first-order valence-corrected chi connectivity index (χ1v) is 43.3. The highest BCUT2D eigenvalue weighted by Crippen LogP contribution is 2.23. The average molecular weight is 1800 g/mol. The van der Waals surface area contributed by atoms with Crippen LogP contribution in [0.5, 0.6) is 5.75 Å². The van der Waals surface area contributed by atoms with Crippen LogP contribution in [0.4, 0.5) is 0 Å². The van der Waals surface area contributed by atoms with E-state index in [-0.39, 0.29) is 138 Å². The number of aliphatic hydroxyl groups excluding tert-OH is 1. The molecule has 125 heavy (non-hydrogen) atoms. The molecule has 0 aliphatic carbocycles. The molecule has 2 aromatic carbocycles. The number of likely N-dealkylation sites (tertiary alicyclic amines) is 1. The summed E-state index contributed by atoms with van der Waals surface area (Å²) in [5, 5.41) is 73.4. The summed E-state index contributed by atoms with van der Waals surface area (Å²) in [6, 6.07) is -6.12. The number of aliphatic carboxylic acids is 2. The number of aliphatic imine (C=N–C) groups is 2. The number of nitrogens with zero attached hydrogens (tertiary/aromatic N) is 3. The number of rotatable bonds is 58. The molecule has 42 nitrogen and oxygen atoms in total. The van der Waals surface area contributed by atoms with Gasteiger partial charge in [0.15, 0.2) is 11.9 Å². The van der Waals surface area contributed by atoms with Gasteiger partial charge in [0.25, 0.3) is 0 Å². The number of phenols is 1. The van der Waals surface area contributed by atoms with Crippen LogP contribution in [0.25, 0.3) is 0 Å². The van der Waals surface area contributed by atoms with E-state index in [2.05, 4.69) is 104 Å². The molecule has 44 heteroatoms. The number of nitrogens with one attached hydrogen (secondary N) is 13. The normalized spacial score (nSPS) is 16.2. The van der Waals surface area contributed by atoms with Gasteiger partial charge in [-0.1, -0.05) is 117 Å². The van der Waals surface area contributed by atoms with E-state index >= 15 is 0 Å². The molecule has 0 unspecified atom stereocenters. The first-order chi connectivity index (χ1) is 59.2. The minimum absolute atomic E-state index is 0.00224. The van der Waals surface area contributed by atoms with Crippen LogP contribution in [-0.2, 0) is 89.6 Å². The van der Waals surface area contributed by atoms with E-state index in [0.717, 1.165) is 0 Å². The number of benzene rings is 2. The molecule has 0 spiro atoms. The van der Waals surface area contributed by atoms with Crippen molar-refractivity contribution in [2.75, 3.05) is 50.8 Å². The van der Waals surface area contributed by atoms with Gasteiger partial charge in [0.2, 0.25) is 82.7 Å². The van der Waals surface area contributed by atoms with Crippen LogP contribution >= 0.6 is 25.3 Å². The lowest BCUT2D eigenvalue weighted by molar-refractivity contribution is -0.143. The second-order valence-electron chi connectivity index (χ2n) is 31.4. The zero-order chi connectivity index (χ0) is 93.7. The van der Waals surface area contributed by atoms with Crippen molar-refractivity contribution in [3.8, 4) is 5.75 Å². The van der Waals surface area contributed by atoms with Gasteiger partial charge in [-0.05, 0) is 124 Å². The molecule has 14 amide bonds. The fraction of sp³-hybridized carbons (Fsp3) is 0.630. The highest BCUT2D eigenvalue weighted by atomic mass is 32.1. The molecule has 1 fully saturated rings. The number of hydrogen-bond donors (Lipinski definition) is 25. The average Bonchev–Trinajstić information content (AvgIpc) is 1.72. The number of thiol groups is 2. The Morgan fingerprint density at radius 3 is 1.37 bits per heavy atom. The second kappa shape index (κ2) is 56.7. The molecule has 0 bridgehead atoms.